The molecule has 1 aliphatic rings. The fraction of sp³-hybridized carbons (Fsp3) is 0.750. The van der Waals surface area contributed by atoms with Gasteiger partial charge >= 0.3 is 0 Å². The number of hydrogen-bond acceptors (Lipinski definition) is 5. The zero-order valence-electron chi connectivity index (χ0n) is 10.6. The number of thiazole rings is 1. The summed E-state index contributed by atoms with van der Waals surface area (Å²) in [7, 11) is 2.12. The number of nitrogens with zero attached hydrogens (tertiary/aromatic N) is 2. The Morgan fingerprint density at radius 3 is 3.12 bits per heavy atom. The summed E-state index contributed by atoms with van der Waals surface area (Å²) < 4.78 is 5.63. The van der Waals surface area contributed by atoms with Gasteiger partial charge in [-0.15, -0.1) is 11.3 Å². The number of nitrogens with two attached hydrogens (primary N) is 1. The molecule has 1 aliphatic heterocycles. The predicted octanol–water partition coefficient (Wildman–Crippen LogP) is 1.77. The van der Waals surface area contributed by atoms with Crippen molar-refractivity contribution in [2.75, 3.05) is 20.2 Å². The van der Waals surface area contributed by atoms with Crippen molar-refractivity contribution in [1.82, 2.24) is 9.88 Å². The van der Waals surface area contributed by atoms with E-state index in [0.717, 1.165) is 30.4 Å². The Hall–Kier alpha value is -0.490. The van der Waals surface area contributed by atoms with Gasteiger partial charge in [0.2, 0.25) is 0 Å². The topological polar surface area (TPSA) is 51.4 Å². The van der Waals surface area contributed by atoms with Crippen molar-refractivity contribution in [2.24, 2.45) is 5.73 Å². The van der Waals surface area contributed by atoms with Crippen LogP contribution in [0.4, 0.5) is 0 Å². The van der Waals surface area contributed by atoms with Crippen molar-refractivity contribution < 1.29 is 4.74 Å². The molecule has 0 spiro atoms. The smallest absolute Gasteiger partial charge is 0.109 e. The van der Waals surface area contributed by atoms with E-state index in [2.05, 4.69) is 22.3 Å². The van der Waals surface area contributed by atoms with Crippen LogP contribution in [0.15, 0.2) is 5.38 Å². The molecule has 1 aromatic heterocycles. The summed E-state index contributed by atoms with van der Waals surface area (Å²) in [5.74, 6) is 0. The summed E-state index contributed by atoms with van der Waals surface area (Å²) in [6.07, 6.45) is 2.79. The summed E-state index contributed by atoms with van der Waals surface area (Å²) in [5, 5.41) is 3.12. The van der Waals surface area contributed by atoms with Crippen molar-refractivity contribution in [2.45, 2.75) is 38.5 Å². The van der Waals surface area contributed by atoms with Crippen LogP contribution >= 0.6 is 11.3 Å². The number of aromatic nitrogens is 1. The SMILES string of the molecule is CC(N)c1nc(CN(C)CC2CCCO2)cs1. The van der Waals surface area contributed by atoms with E-state index in [1.807, 2.05) is 6.92 Å². The summed E-state index contributed by atoms with van der Waals surface area (Å²) in [6, 6.07) is 0.0391. The Balaban J connectivity index is 1.82. The van der Waals surface area contributed by atoms with Gasteiger partial charge in [-0.2, -0.15) is 0 Å². The molecule has 2 N–H and O–H groups in total. The van der Waals surface area contributed by atoms with E-state index < -0.39 is 0 Å². The van der Waals surface area contributed by atoms with Crippen LogP contribution in [-0.4, -0.2) is 36.2 Å². The first-order valence-corrected chi connectivity index (χ1v) is 7.03. The second kappa shape index (κ2) is 5.91. The van der Waals surface area contributed by atoms with Crippen molar-refractivity contribution in [3.8, 4) is 0 Å². The van der Waals surface area contributed by atoms with E-state index >= 15 is 0 Å². The van der Waals surface area contributed by atoms with Crippen LogP contribution in [0.2, 0.25) is 0 Å². The highest BCUT2D eigenvalue weighted by atomic mass is 32.1. The van der Waals surface area contributed by atoms with Gasteiger partial charge in [-0.1, -0.05) is 0 Å². The summed E-state index contributed by atoms with van der Waals surface area (Å²) in [6.45, 7) is 4.76. The number of ether oxygens (including phenoxy) is 1. The van der Waals surface area contributed by atoms with Gasteiger partial charge in [0.15, 0.2) is 0 Å². The molecule has 4 nitrogen and oxygen atoms in total. The third-order valence-electron chi connectivity index (χ3n) is 2.93. The molecule has 0 aliphatic carbocycles. The molecule has 0 amide bonds. The first kappa shape index (κ1) is 13.0. The lowest BCUT2D eigenvalue weighted by atomic mass is 10.2. The predicted molar refractivity (Wildman–Crippen MR) is 70.0 cm³/mol. The molecule has 1 aromatic rings. The fourth-order valence-corrected chi connectivity index (χ4v) is 2.85. The van der Waals surface area contributed by atoms with Gasteiger partial charge in [-0.05, 0) is 26.8 Å². The normalized spacial score (nSPS) is 22.2. The number of likely N-dealkylation sites (N-methyl/N-ethyl adjacent to an activating group) is 1. The second-order valence-corrected chi connectivity index (χ2v) is 5.69. The second-order valence-electron chi connectivity index (χ2n) is 4.80. The molecular weight excluding hydrogens is 234 g/mol. The quantitative estimate of drug-likeness (QED) is 0.871. The molecule has 96 valence electrons. The highest BCUT2D eigenvalue weighted by Gasteiger charge is 2.18. The minimum Gasteiger partial charge on any atom is -0.377 e. The Morgan fingerprint density at radius 1 is 1.71 bits per heavy atom. The molecule has 0 bridgehead atoms. The van der Waals surface area contributed by atoms with E-state index in [0.29, 0.717) is 6.10 Å². The van der Waals surface area contributed by atoms with Gasteiger partial charge in [-0.25, -0.2) is 4.98 Å². The van der Waals surface area contributed by atoms with Crippen molar-refractivity contribution >= 4 is 11.3 Å². The van der Waals surface area contributed by atoms with Crippen LogP contribution in [0, 0.1) is 0 Å². The minimum absolute atomic E-state index is 0.0391. The van der Waals surface area contributed by atoms with E-state index in [1.165, 1.54) is 12.8 Å². The summed E-state index contributed by atoms with van der Waals surface area (Å²) in [4.78, 5) is 6.81. The molecule has 2 atom stereocenters. The molecule has 5 heteroatoms. The third-order valence-corrected chi connectivity index (χ3v) is 4.02. The molecule has 1 fully saturated rings. The van der Waals surface area contributed by atoms with E-state index in [4.69, 9.17) is 10.5 Å². The van der Waals surface area contributed by atoms with Gasteiger partial charge in [0.25, 0.3) is 0 Å². The van der Waals surface area contributed by atoms with Gasteiger partial charge in [-0.3, -0.25) is 4.90 Å². The lowest BCUT2D eigenvalue weighted by Crippen LogP contribution is -2.28. The number of hydrogen-bond donors (Lipinski definition) is 1. The van der Waals surface area contributed by atoms with Crippen LogP contribution in [0.5, 0.6) is 0 Å². The van der Waals surface area contributed by atoms with Crippen LogP contribution in [0.1, 0.15) is 36.5 Å². The average molecular weight is 255 g/mol. The Kier molecular flexibility index (Phi) is 4.50. The highest BCUT2D eigenvalue weighted by molar-refractivity contribution is 7.09. The standard InChI is InChI=1S/C12H21N3OS/c1-9(13)12-14-10(8-17-12)6-15(2)7-11-4-3-5-16-11/h8-9,11H,3-7,13H2,1-2H3. The number of rotatable bonds is 5. The molecular formula is C12H21N3OS. The summed E-state index contributed by atoms with van der Waals surface area (Å²) >= 11 is 1.65. The largest absolute Gasteiger partial charge is 0.377 e. The highest BCUT2D eigenvalue weighted by Crippen LogP contribution is 2.18. The lowest BCUT2D eigenvalue weighted by Gasteiger charge is -2.19. The van der Waals surface area contributed by atoms with E-state index in [1.54, 1.807) is 11.3 Å². The van der Waals surface area contributed by atoms with E-state index in [-0.39, 0.29) is 6.04 Å². The van der Waals surface area contributed by atoms with Crippen LogP contribution in [-0.2, 0) is 11.3 Å². The Bertz CT molecular complexity index is 347. The molecule has 0 saturated carbocycles. The molecule has 2 rings (SSSR count). The zero-order valence-corrected chi connectivity index (χ0v) is 11.4. The minimum atomic E-state index is 0.0391. The van der Waals surface area contributed by atoms with Crippen LogP contribution in [0.25, 0.3) is 0 Å². The van der Waals surface area contributed by atoms with Crippen molar-refractivity contribution in [3.63, 3.8) is 0 Å². The average Bonchev–Trinajstić information content (AvgIpc) is 2.88. The maximum Gasteiger partial charge on any atom is 0.109 e. The molecule has 0 radical (unpaired) electrons. The third kappa shape index (κ3) is 3.74. The lowest BCUT2D eigenvalue weighted by molar-refractivity contribution is 0.0790. The van der Waals surface area contributed by atoms with Crippen LogP contribution < -0.4 is 5.73 Å². The first-order chi connectivity index (χ1) is 8.15. The molecule has 17 heavy (non-hydrogen) atoms. The van der Waals surface area contributed by atoms with Crippen molar-refractivity contribution in [1.29, 1.82) is 0 Å². The monoisotopic (exact) mass is 255 g/mol. The van der Waals surface area contributed by atoms with E-state index in [9.17, 15) is 0 Å². The van der Waals surface area contributed by atoms with Crippen molar-refractivity contribution in [3.05, 3.63) is 16.1 Å². The van der Waals surface area contributed by atoms with Gasteiger partial charge in [0, 0.05) is 25.1 Å². The van der Waals surface area contributed by atoms with Gasteiger partial charge in [0.1, 0.15) is 5.01 Å². The van der Waals surface area contributed by atoms with Crippen LogP contribution in [0.3, 0.4) is 0 Å². The van der Waals surface area contributed by atoms with Gasteiger partial charge < -0.3 is 10.5 Å². The summed E-state index contributed by atoms with van der Waals surface area (Å²) in [5.41, 5.74) is 6.92. The molecule has 1 saturated heterocycles. The maximum absolute atomic E-state index is 5.80. The molecule has 0 aromatic carbocycles. The Labute approximate surface area is 107 Å². The first-order valence-electron chi connectivity index (χ1n) is 6.15. The van der Waals surface area contributed by atoms with Gasteiger partial charge in [0.05, 0.1) is 17.8 Å². The fourth-order valence-electron chi connectivity index (χ4n) is 2.08. The Morgan fingerprint density at radius 2 is 2.53 bits per heavy atom. The molecule has 2 unspecified atom stereocenters. The zero-order chi connectivity index (χ0) is 12.3. The molecule has 2 heterocycles. The maximum atomic E-state index is 5.80.